The monoisotopic (exact) mass is 191 g/mol. The lowest BCUT2D eigenvalue weighted by atomic mass is 10.3. The van der Waals surface area contributed by atoms with Crippen LogP contribution in [0.2, 0.25) is 0 Å². The Morgan fingerprint density at radius 1 is 1.64 bits per heavy atom. The zero-order valence-electron chi connectivity index (χ0n) is 8.10. The summed E-state index contributed by atoms with van der Waals surface area (Å²) in [4.78, 5) is 17.4. The van der Waals surface area contributed by atoms with Crippen LogP contribution in [0, 0.1) is 6.92 Å². The Bertz CT molecular complexity index is 364. The number of amides is 1. The predicted octanol–water partition coefficient (Wildman–Crippen LogP) is 0.454. The van der Waals surface area contributed by atoms with Crippen molar-refractivity contribution >= 4 is 11.6 Å². The first-order chi connectivity index (χ1) is 6.68. The van der Waals surface area contributed by atoms with Crippen LogP contribution in [0.3, 0.4) is 0 Å². The molecule has 14 heavy (non-hydrogen) atoms. The molecule has 4 nitrogen and oxygen atoms in total. The minimum Gasteiger partial charge on any atom is -0.326 e. The first-order valence-electron chi connectivity index (χ1n) is 4.66. The van der Waals surface area contributed by atoms with E-state index in [-0.39, 0.29) is 11.9 Å². The number of hydrogen-bond donors (Lipinski definition) is 1. The number of rotatable bonds is 1. The minimum absolute atomic E-state index is 0.0397. The lowest BCUT2D eigenvalue weighted by Gasteiger charge is -2.17. The lowest BCUT2D eigenvalue weighted by Crippen LogP contribution is -2.28. The number of aryl methyl sites for hydroxylation is 1. The molecule has 0 radical (unpaired) electrons. The zero-order valence-corrected chi connectivity index (χ0v) is 8.10. The molecule has 2 heterocycles. The molecule has 0 aliphatic carbocycles. The normalized spacial score (nSPS) is 21.7. The van der Waals surface area contributed by atoms with E-state index in [1.807, 2.05) is 19.1 Å². The fraction of sp³-hybridized carbons (Fsp3) is 0.400. The van der Waals surface area contributed by atoms with E-state index in [9.17, 15) is 4.79 Å². The number of anilines is 1. The van der Waals surface area contributed by atoms with E-state index in [4.69, 9.17) is 5.73 Å². The number of aromatic nitrogens is 1. The summed E-state index contributed by atoms with van der Waals surface area (Å²) in [5.41, 5.74) is 7.47. The average molecular weight is 191 g/mol. The van der Waals surface area contributed by atoms with E-state index in [2.05, 4.69) is 4.98 Å². The molecule has 1 aromatic rings. The van der Waals surface area contributed by atoms with Crippen molar-refractivity contribution in [3.05, 3.63) is 24.0 Å². The number of nitrogens with two attached hydrogens (primary N) is 1. The third-order valence-electron chi connectivity index (χ3n) is 2.42. The third kappa shape index (κ3) is 1.48. The highest BCUT2D eigenvalue weighted by atomic mass is 16.2. The highest BCUT2D eigenvalue weighted by molar-refractivity contribution is 5.96. The summed E-state index contributed by atoms with van der Waals surface area (Å²) in [5.74, 6) is 0.0913. The van der Waals surface area contributed by atoms with Crippen LogP contribution in [0.5, 0.6) is 0 Å². The second kappa shape index (κ2) is 3.38. The first-order valence-corrected chi connectivity index (χ1v) is 4.66. The molecule has 1 amide bonds. The van der Waals surface area contributed by atoms with Crippen LogP contribution in [0.1, 0.15) is 12.1 Å². The van der Waals surface area contributed by atoms with Gasteiger partial charge in [-0.3, -0.25) is 9.78 Å². The molecule has 1 unspecified atom stereocenters. The summed E-state index contributed by atoms with van der Waals surface area (Å²) in [6.45, 7) is 2.50. The quantitative estimate of drug-likeness (QED) is 0.701. The van der Waals surface area contributed by atoms with Gasteiger partial charge < -0.3 is 10.6 Å². The molecule has 1 saturated heterocycles. The van der Waals surface area contributed by atoms with Gasteiger partial charge in [-0.05, 0) is 19.1 Å². The van der Waals surface area contributed by atoms with Gasteiger partial charge in [-0.1, -0.05) is 0 Å². The van der Waals surface area contributed by atoms with Crippen molar-refractivity contribution < 1.29 is 4.79 Å². The molecule has 74 valence electrons. The molecule has 0 bridgehead atoms. The van der Waals surface area contributed by atoms with Gasteiger partial charge >= 0.3 is 0 Å². The largest absolute Gasteiger partial charge is 0.326 e. The topological polar surface area (TPSA) is 59.2 Å². The van der Waals surface area contributed by atoms with Crippen LogP contribution in [-0.4, -0.2) is 23.5 Å². The summed E-state index contributed by atoms with van der Waals surface area (Å²) in [5, 5.41) is 0. The van der Waals surface area contributed by atoms with Crippen LogP contribution in [0.4, 0.5) is 5.69 Å². The fourth-order valence-corrected chi connectivity index (χ4v) is 1.73. The van der Waals surface area contributed by atoms with Crippen molar-refractivity contribution in [2.45, 2.75) is 19.4 Å². The standard InChI is InChI=1S/C10H13N3O/c1-7-9(3-2-4-12-7)13-6-8(11)5-10(13)14/h2-4,8H,5-6,11H2,1H3. The molecule has 1 aromatic heterocycles. The van der Waals surface area contributed by atoms with Crippen molar-refractivity contribution in [2.75, 3.05) is 11.4 Å². The van der Waals surface area contributed by atoms with Gasteiger partial charge in [-0.2, -0.15) is 0 Å². The number of pyridine rings is 1. The van der Waals surface area contributed by atoms with Gasteiger partial charge in [-0.25, -0.2) is 0 Å². The van der Waals surface area contributed by atoms with E-state index in [1.54, 1.807) is 11.1 Å². The van der Waals surface area contributed by atoms with Crippen molar-refractivity contribution in [1.82, 2.24) is 4.98 Å². The molecule has 0 aromatic carbocycles. The molecular weight excluding hydrogens is 178 g/mol. The van der Waals surface area contributed by atoms with E-state index in [0.717, 1.165) is 11.4 Å². The Morgan fingerprint density at radius 2 is 2.43 bits per heavy atom. The molecule has 2 N–H and O–H groups in total. The molecule has 1 aliphatic heterocycles. The Balaban J connectivity index is 2.32. The number of nitrogens with zero attached hydrogens (tertiary/aromatic N) is 2. The summed E-state index contributed by atoms with van der Waals surface area (Å²) >= 11 is 0. The lowest BCUT2D eigenvalue weighted by molar-refractivity contribution is -0.117. The molecule has 0 spiro atoms. The Labute approximate surface area is 82.7 Å². The molecule has 2 rings (SSSR count). The van der Waals surface area contributed by atoms with E-state index < -0.39 is 0 Å². The average Bonchev–Trinajstić information content (AvgIpc) is 2.46. The van der Waals surface area contributed by atoms with Crippen molar-refractivity contribution in [2.24, 2.45) is 5.73 Å². The van der Waals surface area contributed by atoms with Gasteiger partial charge in [-0.15, -0.1) is 0 Å². The number of carbonyl (C=O) groups is 1. The van der Waals surface area contributed by atoms with Gasteiger partial charge in [0.1, 0.15) is 0 Å². The summed E-state index contributed by atoms with van der Waals surface area (Å²) in [6.07, 6.45) is 2.16. The van der Waals surface area contributed by atoms with Crippen molar-refractivity contribution in [3.63, 3.8) is 0 Å². The van der Waals surface area contributed by atoms with E-state index in [1.165, 1.54) is 0 Å². The summed E-state index contributed by atoms with van der Waals surface area (Å²) in [7, 11) is 0. The summed E-state index contributed by atoms with van der Waals surface area (Å²) in [6, 6.07) is 3.69. The second-order valence-corrected chi connectivity index (χ2v) is 3.58. The van der Waals surface area contributed by atoms with Crippen LogP contribution >= 0.6 is 0 Å². The highest BCUT2D eigenvalue weighted by Crippen LogP contribution is 2.22. The molecule has 1 aliphatic rings. The Kier molecular flexibility index (Phi) is 2.21. The van der Waals surface area contributed by atoms with Crippen molar-refractivity contribution in [3.8, 4) is 0 Å². The van der Waals surface area contributed by atoms with Crippen molar-refractivity contribution in [1.29, 1.82) is 0 Å². The summed E-state index contributed by atoms with van der Waals surface area (Å²) < 4.78 is 0. The van der Waals surface area contributed by atoms with Crippen LogP contribution in [0.15, 0.2) is 18.3 Å². The zero-order chi connectivity index (χ0) is 10.1. The maximum absolute atomic E-state index is 11.6. The number of hydrogen-bond acceptors (Lipinski definition) is 3. The van der Waals surface area contributed by atoms with Gasteiger partial charge in [0.2, 0.25) is 5.91 Å². The van der Waals surface area contributed by atoms with Crippen LogP contribution in [-0.2, 0) is 4.79 Å². The third-order valence-corrected chi connectivity index (χ3v) is 2.42. The molecule has 4 heteroatoms. The number of carbonyl (C=O) groups excluding carboxylic acids is 1. The van der Waals surface area contributed by atoms with Gasteiger partial charge in [0, 0.05) is 25.2 Å². The molecule has 1 fully saturated rings. The van der Waals surface area contributed by atoms with Gasteiger partial charge in [0.25, 0.3) is 0 Å². The predicted molar refractivity (Wildman–Crippen MR) is 53.9 cm³/mol. The maximum Gasteiger partial charge on any atom is 0.228 e. The second-order valence-electron chi connectivity index (χ2n) is 3.58. The smallest absolute Gasteiger partial charge is 0.228 e. The van der Waals surface area contributed by atoms with E-state index >= 15 is 0 Å². The van der Waals surface area contributed by atoms with Crippen LogP contribution < -0.4 is 10.6 Å². The first kappa shape index (κ1) is 9.15. The minimum atomic E-state index is -0.0397. The van der Waals surface area contributed by atoms with Gasteiger partial charge in [0.05, 0.1) is 11.4 Å². The maximum atomic E-state index is 11.6. The SMILES string of the molecule is Cc1ncccc1N1CC(N)CC1=O. The highest BCUT2D eigenvalue weighted by Gasteiger charge is 2.28. The molecule has 0 saturated carbocycles. The Morgan fingerprint density at radius 3 is 3.00 bits per heavy atom. The van der Waals surface area contributed by atoms with Crippen LogP contribution in [0.25, 0.3) is 0 Å². The molecule has 1 atom stereocenters. The fourth-order valence-electron chi connectivity index (χ4n) is 1.73. The molecular formula is C10H13N3O. The Hall–Kier alpha value is -1.42. The van der Waals surface area contributed by atoms with E-state index in [0.29, 0.717) is 13.0 Å². The van der Waals surface area contributed by atoms with Gasteiger partial charge in [0.15, 0.2) is 0 Å².